The van der Waals surface area contributed by atoms with Crippen molar-refractivity contribution in [3.05, 3.63) is 52.5 Å². The number of halogens is 1. The molecule has 0 spiro atoms. The monoisotopic (exact) mass is 391 g/mol. The zero-order valence-corrected chi connectivity index (χ0v) is 16.0. The van der Waals surface area contributed by atoms with E-state index in [4.69, 9.17) is 16.1 Å². The van der Waals surface area contributed by atoms with Crippen molar-refractivity contribution in [2.75, 3.05) is 13.1 Å². The summed E-state index contributed by atoms with van der Waals surface area (Å²) < 4.78 is 32.3. The standard InChI is InChI=1S/C18H18ClN3O3S/c1-11-18(12(2)25-21-11)26(23,24)22-7-5-13(6-8-22)16-10-20-17-4-3-14(19)9-15(16)17/h3-5,9-10,20H,6-8H2,1-2H3. The number of sulfonamides is 1. The molecule has 0 bridgehead atoms. The maximum atomic E-state index is 12.9. The van der Waals surface area contributed by atoms with Gasteiger partial charge in [-0.05, 0) is 44.0 Å². The third-order valence-electron chi connectivity index (χ3n) is 4.73. The molecule has 1 aromatic carbocycles. The van der Waals surface area contributed by atoms with Gasteiger partial charge in [0.15, 0.2) is 5.76 Å². The van der Waals surface area contributed by atoms with Gasteiger partial charge in [-0.15, -0.1) is 0 Å². The van der Waals surface area contributed by atoms with Crippen molar-refractivity contribution in [2.45, 2.75) is 25.2 Å². The Morgan fingerprint density at radius 1 is 1.31 bits per heavy atom. The number of benzene rings is 1. The average molecular weight is 392 g/mol. The fourth-order valence-electron chi connectivity index (χ4n) is 3.44. The summed E-state index contributed by atoms with van der Waals surface area (Å²) in [6.45, 7) is 3.98. The normalized spacial score (nSPS) is 16.2. The minimum atomic E-state index is -3.62. The molecule has 26 heavy (non-hydrogen) atoms. The van der Waals surface area contributed by atoms with E-state index in [9.17, 15) is 8.42 Å². The Balaban J connectivity index is 1.65. The molecular weight excluding hydrogens is 374 g/mol. The molecule has 4 rings (SSSR count). The first-order chi connectivity index (χ1) is 12.4. The Bertz CT molecular complexity index is 1110. The molecule has 0 aliphatic carbocycles. The summed E-state index contributed by atoms with van der Waals surface area (Å²) in [6.07, 6.45) is 4.54. The molecule has 3 aromatic rings. The first-order valence-electron chi connectivity index (χ1n) is 8.27. The Morgan fingerprint density at radius 2 is 2.12 bits per heavy atom. The predicted octanol–water partition coefficient (Wildman–Crippen LogP) is 3.90. The Labute approximate surface area is 156 Å². The number of hydrogen-bond acceptors (Lipinski definition) is 4. The van der Waals surface area contributed by atoms with Gasteiger partial charge in [-0.1, -0.05) is 22.8 Å². The maximum absolute atomic E-state index is 12.9. The van der Waals surface area contributed by atoms with Crippen LogP contribution in [0.25, 0.3) is 16.5 Å². The van der Waals surface area contributed by atoms with Crippen LogP contribution in [0.2, 0.25) is 5.02 Å². The van der Waals surface area contributed by atoms with E-state index < -0.39 is 10.0 Å². The van der Waals surface area contributed by atoms with Gasteiger partial charge in [-0.3, -0.25) is 0 Å². The smallest absolute Gasteiger partial charge is 0.248 e. The van der Waals surface area contributed by atoms with Crippen molar-refractivity contribution in [1.29, 1.82) is 0 Å². The van der Waals surface area contributed by atoms with E-state index in [-0.39, 0.29) is 4.90 Å². The SMILES string of the molecule is Cc1noc(C)c1S(=O)(=O)N1CC=C(c2c[nH]c3ccc(Cl)cc23)CC1. The highest BCUT2D eigenvalue weighted by atomic mass is 35.5. The molecule has 0 atom stereocenters. The molecule has 3 heterocycles. The number of fused-ring (bicyclic) bond motifs is 1. The Hall–Kier alpha value is -2.09. The molecule has 0 amide bonds. The summed E-state index contributed by atoms with van der Waals surface area (Å²) in [7, 11) is -3.62. The first kappa shape index (κ1) is 17.3. The van der Waals surface area contributed by atoms with Crippen LogP contribution in [0.4, 0.5) is 0 Å². The van der Waals surface area contributed by atoms with Crippen LogP contribution in [0, 0.1) is 13.8 Å². The third-order valence-corrected chi connectivity index (χ3v) is 7.07. The molecule has 0 saturated heterocycles. The Kier molecular flexibility index (Phi) is 4.17. The molecule has 0 radical (unpaired) electrons. The van der Waals surface area contributed by atoms with E-state index in [0.717, 1.165) is 22.0 Å². The second-order valence-corrected chi connectivity index (χ2v) is 8.70. The van der Waals surface area contributed by atoms with Gasteiger partial charge in [0.2, 0.25) is 10.0 Å². The van der Waals surface area contributed by atoms with Gasteiger partial charge in [0.25, 0.3) is 0 Å². The zero-order chi connectivity index (χ0) is 18.5. The highest BCUT2D eigenvalue weighted by Gasteiger charge is 2.32. The van der Waals surface area contributed by atoms with Gasteiger partial charge in [-0.2, -0.15) is 4.31 Å². The molecule has 0 saturated carbocycles. The number of rotatable bonds is 3. The summed E-state index contributed by atoms with van der Waals surface area (Å²) in [5.41, 5.74) is 3.58. The lowest BCUT2D eigenvalue weighted by atomic mass is 10.00. The van der Waals surface area contributed by atoms with Gasteiger partial charge in [-0.25, -0.2) is 8.42 Å². The predicted molar refractivity (Wildman–Crippen MR) is 101 cm³/mol. The van der Waals surface area contributed by atoms with Crippen LogP contribution in [-0.4, -0.2) is 36.0 Å². The zero-order valence-electron chi connectivity index (χ0n) is 14.4. The van der Waals surface area contributed by atoms with Crippen LogP contribution in [0.5, 0.6) is 0 Å². The quantitative estimate of drug-likeness (QED) is 0.734. The van der Waals surface area contributed by atoms with Crippen LogP contribution in [0.15, 0.2) is 39.9 Å². The van der Waals surface area contributed by atoms with Crippen LogP contribution >= 0.6 is 11.6 Å². The molecule has 2 aromatic heterocycles. The highest BCUT2D eigenvalue weighted by molar-refractivity contribution is 7.89. The van der Waals surface area contributed by atoms with E-state index in [1.54, 1.807) is 13.8 Å². The number of aryl methyl sites for hydroxylation is 2. The third kappa shape index (κ3) is 2.76. The number of H-pyrrole nitrogens is 1. The molecule has 136 valence electrons. The molecule has 0 fully saturated rings. The topological polar surface area (TPSA) is 79.2 Å². The van der Waals surface area contributed by atoms with E-state index in [0.29, 0.717) is 36.0 Å². The fourth-order valence-corrected chi connectivity index (χ4v) is 5.29. The molecule has 0 unspecified atom stereocenters. The van der Waals surface area contributed by atoms with Crippen molar-refractivity contribution in [3.8, 4) is 0 Å². The number of nitrogens with zero attached hydrogens (tertiary/aromatic N) is 2. The lowest BCUT2D eigenvalue weighted by Gasteiger charge is -2.25. The van der Waals surface area contributed by atoms with Gasteiger partial charge in [0, 0.05) is 40.8 Å². The number of aromatic nitrogens is 2. The van der Waals surface area contributed by atoms with Gasteiger partial charge in [0.05, 0.1) is 0 Å². The number of nitrogens with one attached hydrogen (secondary N) is 1. The van der Waals surface area contributed by atoms with Crippen LogP contribution in [-0.2, 0) is 10.0 Å². The highest BCUT2D eigenvalue weighted by Crippen LogP contribution is 2.33. The van der Waals surface area contributed by atoms with E-state index >= 15 is 0 Å². The van der Waals surface area contributed by atoms with E-state index in [2.05, 4.69) is 10.1 Å². The lowest BCUT2D eigenvalue weighted by Crippen LogP contribution is -2.35. The lowest BCUT2D eigenvalue weighted by molar-refractivity contribution is 0.389. The van der Waals surface area contributed by atoms with E-state index in [1.165, 1.54) is 4.31 Å². The average Bonchev–Trinajstić information content (AvgIpc) is 3.18. The van der Waals surface area contributed by atoms with Gasteiger partial charge < -0.3 is 9.51 Å². The number of aromatic amines is 1. The molecular formula is C18H18ClN3O3S. The second kappa shape index (κ2) is 6.26. The van der Waals surface area contributed by atoms with Crippen LogP contribution < -0.4 is 0 Å². The summed E-state index contributed by atoms with van der Waals surface area (Å²) in [5.74, 6) is 0.323. The summed E-state index contributed by atoms with van der Waals surface area (Å²) in [6, 6.07) is 5.71. The molecule has 8 heteroatoms. The summed E-state index contributed by atoms with van der Waals surface area (Å²) in [5, 5.41) is 5.49. The van der Waals surface area contributed by atoms with Crippen LogP contribution in [0.3, 0.4) is 0 Å². The van der Waals surface area contributed by atoms with Gasteiger partial charge >= 0.3 is 0 Å². The number of hydrogen-bond donors (Lipinski definition) is 1. The molecule has 1 aliphatic rings. The van der Waals surface area contributed by atoms with Crippen molar-refractivity contribution >= 4 is 38.1 Å². The molecule has 1 aliphatic heterocycles. The maximum Gasteiger partial charge on any atom is 0.248 e. The minimum absolute atomic E-state index is 0.174. The van der Waals surface area contributed by atoms with Gasteiger partial charge in [0.1, 0.15) is 10.6 Å². The van der Waals surface area contributed by atoms with Crippen molar-refractivity contribution in [2.24, 2.45) is 0 Å². The van der Waals surface area contributed by atoms with E-state index in [1.807, 2.05) is 30.5 Å². The largest absolute Gasteiger partial charge is 0.361 e. The van der Waals surface area contributed by atoms with Crippen LogP contribution in [0.1, 0.15) is 23.4 Å². The summed E-state index contributed by atoms with van der Waals surface area (Å²) >= 11 is 6.12. The molecule has 6 nitrogen and oxygen atoms in total. The van der Waals surface area contributed by atoms with Crippen molar-refractivity contribution < 1.29 is 12.9 Å². The Morgan fingerprint density at radius 3 is 2.77 bits per heavy atom. The summed E-state index contributed by atoms with van der Waals surface area (Å²) in [4.78, 5) is 3.41. The first-order valence-corrected chi connectivity index (χ1v) is 10.1. The fraction of sp³-hybridized carbons (Fsp3) is 0.278. The van der Waals surface area contributed by atoms with Crippen molar-refractivity contribution in [1.82, 2.24) is 14.4 Å². The minimum Gasteiger partial charge on any atom is -0.361 e. The molecule has 1 N–H and O–H groups in total. The van der Waals surface area contributed by atoms with Crippen molar-refractivity contribution in [3.63, 3.8) is 0 Å². The second-order valence-electron chi connectivity index (χ2n) is 6.39.